The van der Waals surface area contributed by atoms with E-state index in [0.29, 0.717) is 0 Å². The van der Waals surface area contributed by atoms with Gasteiger partial charge in [0, 0.05) is 0 Å². The zero-order chi connectivity index (χ0) is 3.41. The molecule has 4 heavy (non-hydrogen) atoms. The second-order valence-electron chi connectivity index (χ2n) is 0.407. The molecule has 0 bridgehead atoms. The molecular weight excluding hydrogens is 67.0 g/mol. The van der Waals surface area contributed by atoms with E-state index in [0.717, 1.165) is 7.66 Å². The maximum atomic E-state index is 4.94. The van der Waals surface area contributed by atoms with Crippen LogP contribution in [0, 0.1) is 6.13 Å². The van der Waals surface area contributed by atoms with Crippen molar-refractivity contribution >= 4 is 13.5 Å². The van der Waals surface area contributed by atoms with Crippen molar-refractivity contribution in [1.82, 2.24) is 0 Å². The average molecular weight is 72.0 g/mol. The Kier molecular flexibility index (Phi) is 3.14. The van der Waals surface area contributed by atoms with Crippen molar-refractivity contribution in [2.45, 2.75) is 6.92 Å². The number of hydrogen-bond donors (Lipinski definition) is 0. The van der Waals surface area contributed by atoms with Gasteiger partial charge in [0.05, 0.1) is 0 Å². The van der Waals surface area contributed by atoms with Gasteiger partial charge in [0.1, 0.15) is 0 Å². The summed E-state index contributed by atoms with van der Waals surface area (Å²) in [6.07, 6.45) is 4.94. The fourth-order valence-electron chi connectivity index (χ4n) is 0. The van der Waals surface area contributed by atoms with Gasteiger partial charge in [0.25, 0.3) is 0 Å². The molecule has 0 radical (unpaired) electrons. The first-order valence-electron chi connectivity index (χ1n) is 1.09. The Balaban J connectivity index is 3.36. The van der Waals surface area contributed by atoms with Crippen LogP contribution in [0.25, 0.3) is 0 Å². The molecule has 0 aliphatic heterocycles. The molecule has 0 aliphatic carbocycles. The molecular formula is C3H5P. The van der Waals surface area contributed by atoms with Gasteiger partial charge < -0.3 is 0 Å². The molecule has 0 saturated heterocycles. The second-order valence-corrected chi connectivity index (χ2v) is 1.22. The first-order chi connectivity index (χ1) is 1.91. The molecule has 0 unspecified atom stereocenters. The van der Waals surface area contributed by atoms with Crippen molar-refractivity contribution in [3.63, 3.8) is 0 Å². The van der Waals surface area contributed by atoms with E-state index < -0.39 is 0 Å². The average Bonchev–Trinajstić information content (AvgIpc) is 1.37. The second kappa shape index (κ2) is 3.08. The topological polar surface area (TPSA) is 0 Å². The van der Waals surface area contributed by atoms with Crippen LogP contribution in [-0.4, -0.2) is 5.80 Å². The van der Waals surface area contributed by atoms with Crippen molar-refractivity contribution in [3.8, 4) is 6.13 Å². The molecule has 0 aliphatic rings. The Hall–Kier alpha value is 0.0800. The van der Waals surface area contributed by atoms with Crippen molar-refractivity contribution in [1.29, 1.82) is 0 Å². The van der Waals surface area contributed by atoms with Crippen LogP contribution in [0.3, 0.4) is 0 Å². The summed E-state index contributed by atoms with van der Waals surface area (Å²) < 4.78 is 0. The molecule has 0 saturated carbocycles. The summed E-state index contributed by atoms with van der Waals surface area (Å²) in [5.41, 5.74) is 0. The summed E-state index contributed by atoms with van der Waals surface area (Å²) in [6, 6.07) is 0. The summed E-state index contributed by atoms with van der Waals surface area (Å²) in [5.74, 6) is 1.88. The van der Waals surface area contributed by atoms with Crippen LogP contribution in [0.4, 0.5) is 0 Å². The normalized spacial score (nSPS) is 5.00. The number of rotatable bonds is 0. The minimum atomic E-state index is 0.873. The van der Waals surface area contributed by atoms with Crippen LogP contribution in [0.15, 0.2) is 0 Å². The molecule has 22 valence electrons. The quantitative estimate of drug-likeness (QED) is 0.379. The van der Waals surface area contributed by atoms with E-state index in [4.69, 9.17) is 6.13 Å². The van der Waals surface area contributed by atoms with Gasteiger partial charge in [-0.05, 0) is 0 Å². The Morgan fingerprint density at radius 2 is 2.25 bits per heavy atom. The zero-order valence-corrected chi connectivity index (χ0v) is 3.50. The first kappa shape index (κ1) is 4.08. The summed E-state index contributed by atoms with van der Waals surface area (Å²) >= 11 is 0. The number of hydrogen-bond acceptors (Lipinski definition) is 0. The van der Waals surface area contributed by atoms with Gasteiger partial charge in [-0.1, -0.05) is 0 Å². The van der Waals surface area contributed by atoms with Crippen LogP contribution in [0.1, 0.15) is 6.92 Å². The van der Waals surface area contributed by atoms with Crippen molar-refractivity contribution in [2.75, 3.05) is 0 Å². The van der Waals surface area contributed by atoms with Crippen LogP contribution in [0.5, 0.6) is 0 Å². The molecule has 0 fully saturated rings. The fourth-order valence-corrected chi connectivity index (χ4v) is 0. The van der Waals surface area contributed by atoms with Crippen LogP contribution < -0.4 is 0 Å². The van der Waals surface area contributed by atoms with E-state index in [1.165, 1.54) is 0 Å². The summed E-state index contributed by atoms with van der Waals surface area (Å²) in [6.45, 7) is 1.92. The third kappa shape index (κ3) is 2.08. The van der Waals surface area contributed by atoms with Gasteiger partial charge in [-0.15, -0.1) is 0 Å². The summed E-state index contributed by atoms with van der Waals surface area (Å²) in [5, 5.41) is 0. The van der Waals surface area contributed by atoms with Crippen molar-refractivity contribution < 1.29 is 0 Å². The first-order valence-corrected chi connectivity index (χ1v) is 2.13. The van der Waals surface area contributed by atoms with Gasteiger partial charge in [-0.25, -0.2) is 0 Å². The van der Waals surface area contributed by atoms with Crippen LogP contribution in [-0.2, 0) is 0 Å². The zero-order valence-electron chi connectivity index (χ0n) is 2.60. The van der Waals surface area contributed by atoms with E-state index in [9.17, 15) is 0 Å². The predicted octanol–water partition coefficient (Wildman–Crippen LogP) is 1.34. The van der Waals surface area contributed by atoms with Crippen LogP contribution in [0.2, 0.25) is 0 Å². The minimum absolute atomic E-state index is 0.873. The molecule has 0 nitrogen and oxygen atoms in total. The van der Waals surface area contributed by atoms with Gasteiger partial charge in [0.15, 0.2) is 0 Å². The van der Waals surface area contributed by atoms with Crippen molar-refractivity contribution in [2.24, 2.45) is 0 Å². The third-order valence-electron chi connectivity index (χ3n) is 0.149. The summed E-state index contributed by atoms with van der Waals surface area (Å²) in [7, 11) is 0.873. The Morgan fingerprint density at radius 1 is 2.00 bits per heavy atom. The van der Waals surface area contributed by atoms with E-state index in [1.54, 1.807) is 0 Å². The molecule has 0 N–H and O–H groups in total. The summed E-state index contributed by atoms with van der Waals surface area (Å²) in [4.78, 5) is 0. The van der Waals surface area contributed by atoms with Gasteiger partial charge in [-0.3, -0.25) is 0 Å². The SMILES string of the molecule is C#P=CC. The maximum absolute atomic E-state index is 4.94. The van der Waals surface area contributed by atoms with E-state index in [-0.39, 0.29) is 0 Å². The van der Waals surface area contributed by atoms with Crippen molar-refractivity contribution in [3.05, 3.63) is 0 Å². The molecule has 1 heteroatoms. The van der Waals surface area contributed by atoms with Gasteiger partial charge >= 0.3 is 26.5 Å². The van der Waals surface area contributed by atoms with E-state index in [2.05, 4.69) is 0 Å². The molecule has 0 amide bonds. The molecule has 0 aromatic carbocycles. The predicted molar refractivity (Wildman–Crippen MR) is 23.6 cm³/mol. The molecule has 0 atom stereocenters. The molecule has 0 heterocycles. The third-order valence-corrected chi connectivity index (χ3v) is 0.447. The Labute approximate surface area is 27.6 Å². The van der Waals surface area contributed by atoms with Gasteiger partial charge in [0.2, 0.25) is 0 Å². The molecule has 0 rings (SSSR count). The monoisotopic (exact) mass is 72.0 g/mol. The molecule has 0 spiro atoms. The molecule has 0 aromatic rings. The van der Waals surface area contributed by atoms with E-state index >= 15 is 0 Å². The molecule has 0 aromatic heterocycles. The van der Waals surface area contributed by atoms with Crippen LogP contribution >= 0.6 is 7.66 Å². The van der Waals surface area contributed by atoms with Gasteiger partial charge in [-0.2, -0.15) is 0 Å². The van der Waals surface area contributed by atoms with E-state index in [1.807, 2.05) is 12.7 Å². The fraction of sp³-hybridized carbons (Fsp3) is 0.333. The standard InChI is InChI=1S/C3H5P/c1-3-4-2/h2-3H,1H3. The Bertz CT molecular complexity index is 67.0. The Morgan fingerprint density at radius 3 is 2.25 bits per heavy atom.